The molecule has 1 aliphatic heterocycles. The van der Waals surface area contributed by atoms with E-state index in [1.54, 1.807) is 41.3 Å². The molecular weight excluding hydrogens is 297 g/mol. The average molecular weight is 313 g/mol. The molecule has 0 atom stereocenters. The summed E-state index contributed by atoms with van der Waals surface area (Å²) in [5.74, 6) is 0.844. The number of rotatable bonds is 4. The van der Waals surface area contributed by atoms with Crippen LogP contribution in [-0.2, 0) is 6.54 Å². The lowest BCUT2D eigenvalue weighted by molar-refractivity contribution is 0.0728. The van der Waals surface area contributed by atoms with Crippen molar-refractivity contribution in [3.8, 4) is 11.5 Å². The molecule has 0 saturated heterocycles. The fourth-order valence-electron chi connectivity index (χ4n) is 2.76. The van der Waals surface area contributed by atoms with Crippen LogP contribution in [0.3, 0.4) is 0 Å². The summed E-state index contributed by atoms with van der Waals surface area (Å²) >= 11 is 0. The van der Waals surface area contributed by atoms with E-state index in [4.69, 9.17) is 9.47 Å². The SMILES string of the molecule is O=C(c1ccc2c(c1)OCO2)N(Cc1ccccc1F)C1CC1. The van der Waals surface area contributed by atoms with Crippen LogP contribution < -0.4 is 9.47 Å². The molecule has 2 aliphatic rings. The monoisotopic (exact) mass is 313 g/mol. The molecule has 1 saturated carbocycles. The van der Waals surface area contributed by atoms with Crippen LogP contribution in [0.25, 0.3) is 0 Å². The summed E-state index contributed by atoms with van der Waals surface area (Å²) in [7, 11) is 0. The van der Waals surface area contributed by atoms with E-state index in [-0.39, 0.29) is 31.1 Å². The Morgan fingerprint density at radius 1 is 1.13 bits per heavy atom. The summed E-state index contributed by atoms with van der Waals surface area (Å²) in [6.07, 6.45) is 1.93. The molecule has 0 N–H and O–H groups in total. The molecule has 4 rings (SSSR count). The highest BCUT2D eigenvalue weighted by Crippen LogP contribution is 2.35. The highest BCUT2D eigenvalue weighted by atomic mass is 19.1. The number of carbonyl (C=O) groups excluding carboxylic acids is 1. The number of amides is 1. The second kappa shape index (κ2) is 5.57. The number of nitrogens with zero attached hydrogens (tertiary/aromatic N) is 1. The first kappa shape index (κ1) is 14.1. The van der Waals surface area contributed by atoms with E-state index in [0.717, 1.165) is 12.8 Å². The zero-order valence-electron chi connectivity index (χ0n) is 12.5. The van der Waals surface area contributed by atoms with Gasteiger partial charge in [0.05, 0.1) is 0 Å². The lowest BCUT2D eigenvalue weighted by Gasteiger charge is -2.23. The van der Waals surface area contributed by atoms with Gasteiger partial charge in [-0.25, -0.2) is 4.39 Å². The second-order valence-corrected chi connectivity index (χ2v) is 5.82. The van der Waals surface area contributed by atoms with Crippen molar-refractivity contribution >= 4 is 5.91 Å². The van der Waals surface area contributed by atoms with Gasteiger partial charge in [0.1, 0.15) is 5.82 Å². The minimum absolute atomic E-state index is 0.103. The quantitative estimate of drug-likeness (QED) is 0.869. The third-order valence-corrected chi connectivity index (χ3v) is 4.17. The molecule has 1 heterocycles. The van der Waals surface area contributed by atoms with Gasteiger partial charge in [0, 0.05) is 23.7 Å². The molecule has 1 aliphatic carbocycles. The van der Waals surface area contributed by atoms with Crippen LogP contribution in [-0.4, -0.2) is 23.6 Å². The van der Waals surface area contributed by atoms with Gasteiger partial charge in [-0.15, -0.1) is 0 Å². The molecule has 1 amide bonds. The Hall–Kier alpha value is -2.56. The molecule has 0 bridgehead atoms. The molecule has 0 unspecified atom stereocenters. The van der Waals surface area contributed by atoms with Crippen LogP contribution in [0.1, 0.15) is 28.8 Å². The Morgan fingerprint density at radius 2 is 1.91 bits per heavy atom. The summed E-state index contributed by atoms with van der Waals surface area (Å²) in [6.45, 7) is 0.457. The van der Waals surface area contributed by atoms with E-state index in [9.17, 15) is 9.18 Å². The van der Waals surface area contributed by atoms with E-state index in [2.05, 4.69) is 0 Å². The van der Waals surface area contributed by atoms with Crippen LogP contribution in [0.5, 0.6) is 11.5 Å². The smallest absolute Gasteiger partial charge is 0.254 e. The predicted octanol–water partition coefficient (Wildman–Crippen LogP) is 3.36. The third-order valence-electron chi connectivity index (χ3n) is 4.17. The molecule has 118 valence electrons. The van der Waals surface area contributed by atoms with Gasteiger partial charge >= 0.3 is 0 Å². The topological polar surface area (TPSA) is 38.8 Å². The molecule has 0 spiro atoms. The number of hydrogen-bond acceptors (Lipinski definition) is 3. The Labute approximate surface area is 133 Å². The van der Waals surface area contributed by atoms with Crippen LogP contribution in [0.4, 0.5) is 4.39 Å². The third kappa shape index (κ3) is 2.74. The molecule has 4 nitrogen and oxygen atoms in total. The van der Waals surface area contributed by atoms with Crippen LogP contribution in [0.2, 0.25) is 0 Å². The summed E-state index contributed by atoms with van der Waals surface area (Å²) in [5, 5.41) is 0. The maximum absolute atomic E-state index is 13.9. The maximum Gasteiger partial charge on any atom is 0.254 e. The number of halogens is 1. The molecule has 0 aromatic heterocycles. The van der Waals surface area contributed by atoms with Crippen LogP contribution >= 0.6 is 0 Å². The number of fused-ring (bicyclic) bond motifs is 1. The molecule has 2 aromatic rings. The minimum atomic E-state index is -0.281. The van der Waals surface area contributed by atoms with Crippen molar-refractivity contribution in [1.82, 2.24) is 4.90 Å². The van der Waals surface area contributed by atoms with Gasteiger partial charge in [0.2, 0.25) is 6.79 Å². The van der Waals surface area contributed by atoms with Gasteiger partial charge < -0.3 is 14.4 Å². The van der Waals surface area contributed by atoms with Crippen molar-refractivity contribution in [3.63, 3.8) is 0 Å². The van der Waals surface area contributed by atoms with Crippen LogP contribution in [0, 0.1) is 5.82 Å². The fourth-order valence-corrected chi connectivity index (χ4v) is 2.76. The predicted molar refractivity (Wildman–Crippen MR) is 81.9 cm³/mol. The number of hydrogen-bond donors (Lipinski definition) is 0. The molecule has 2 aromatic carbocycles. The zero-order chi connectivity index (χ0) is 15.8. The number of carbonyl (C=O) groups is 1. The normalized spacial score (nSPS) is 15.5. The first-order chi connectivity index (χ1) is 11.2. The first-order valence-corrected chi connectivity index (χ1v) is 7.66. The minimum Gasteiger partial charge on any atom is -0.454 e. The first-order valence-electron chi connectivity index (χ1n) is 7.66. The zero-order valence-corrected chi connectivity index (χ0v) is 12.5. The second-order valence-electron chi connectivity index (χ2n) is 5.82. The summed E-state index contributed by atoms with van der Waals surface area (Å²) < 4.78 is 24.5. The van der Waals surface area contributed by atoms with Gasteiger partial charge in [-0.3, -0.25) is 4.79 Å². The lowest BCUT2D eigenvalue weighted by atomic mass is 10.1. The van der Waals surface area contributed by atoms with E-state index in [1.807, 2.05) is 0 Å². The van der Waals surface area contributed by atoms with Crippen molar-refractivity contribution in [2.75, 3.05) is 6.79 Å². The summed E-state index contributed by atoms with van der Waals surface area (Å²) in [5.41, 5.74) is 1.07. The molecule has 23 heavy (non-hydrogen) atoms. The summed E-state index contributed by atoms with van der Waals surface area (Å²) in [6, 6.07) is 11.9. The maximum atomic E-state index is 13.9. The molecule has 1 fully saturated rings. The van der Waals surface area contributed by atoms with Crippen molar-refractivity contribution in [1.29, 1.82) is 0 Å². The lowest BCUT2D eigenvalue weighted by Crippen LogP contribution is -2.32. The van der Waals surface area contributed by atoms with Gasteiger partial charge in [0.25, 0.3) is 5.91 Å². The molecule has 5 heteroatoms. The van der Waals surface area contributed by atoms with Gasteiger partial charge in [-0.2, -0.15) is 0 Å². The van der Waals surface area contributed by atoms with Crippen molar-refractivity contribution < 1.29 is 18.7 Å². The Bertz CT molecular complexity index is 758. The highest BCUT2D eigenvalue weighted by molar-refractivity contribution is 5.95. The van der Waals surface area contributed by atoms with Gasteiger partial charge in [-0.1, -0.05) is 18.2 Å². The van der Waals surface area contributed by atoms with E-state index in [1.165, 1.54) is 6.07 Å². The molecule has 0 radical (unpaired) electrons. The standard InChI is InChI=1S/C18H16FNO3/c19-15-4-2-1-3-13(15)10-20(14-6-7-14)18(21)12-5-8-16-17(9-12)23-11-22-16/h1-5,8-9,14H,6-7,10-11H2. The van der Waals surface area contributed by atoms with Crippen molar-refractivity contribution in [3.05, 3.63) is 59.4 Å². The van der Waals surface area contributed by atoms with E-state index in [0.29, 0.717) is 22.6 Å². The highest BCUT2D eigenvalue weighted by Gasteiger charge is 2.34. The summed E-state index contributed by atoms with van der Waals surface area (Å²) in [4.78, 5) is 14.6. The van der Waals surface area contributed by atoms with Gasteiger partial charge in [-0.05, 0) is 37.1 Å². The van der Waals surface area contributed by atoms with Gasteiger partial charge in [0.15, 0.2) is 11.5 Å². The Kier molecular flexibility index (Phi) is 3.41. The van der Waals surface area contributed by atoms with E-state index >= 15 is 0 Å². The average Bonchev–Trinajstić information content (AvgIpc) is 3.30. The Morgan fingerprint density at radius 3 is 2.70 bits per heavy atom. The fraction of sp³-hybridized carbons (Fsp3) is 0.278. The van der Waals surface area contributed by atoms with Crippen LogP contribution in [0.15, 0.2) is 42.5 Å². The number of benzene rings is 2. The van der Waals surface area contributed by atoms with Crippen molar-refractivity contribution in [2.24, 2.45) is 0 Å². The number of ether oxygens (including phenoxy) is 2. The Balaban J connectivity index is 1.60. The van der Waals surface area contributed by atoms with E-state index < -0.39 is 0 Å². The largest absolute Gasteiger partial charge is 0.454 e. The molecular formula is C18H16FNO3. The van der Waals surface area contributed by atoms with Crippen molar-refractivity contribution in [2.45, 2.75) is 25.4 Å².